The molecule has 0 radical (unpaired) electrons. The Bertz CT molecular complexity index is 1760. The van der Waals surface area contributed by atoms with E-state index in [-0.39, 0.29) is 31.3 Å². The van der Waals surface area contributed by atoms with Crippen molar-refractivity contribution in [2.75, 3.05) is 20.0 Å². The average Bonchev–Trinajstić information content (AvgIpc) is 3.72. The Morgan fingerprint density at radius 2 is 0.938 bits per heavy atom. The standard InChI is InChI=1S/C38H32O10/c1-3-24-5-9-26(10-6-24)36(39)46-31-19-13-28(14-20-31)38(41)48-33-22-43-34-32(21-42-35(33)34)47-37(40)27-11-17-30(18-12-27)45-23-44-29-15-7-25(4-2)8-16-29/h3-20,32-35H,1-2,21-23H2/t32-,33-,34+,35+/m1/s1. The van der Waals surface area contributed by atoms with Gasteiger partial charge < -0.3 is 33.2 Å². The predicted octanol–water partition coefficient (Wildman–Crippen LogP) is 6.16. The fourth-order valence-corrected chi connectivity index (χ4v) is 5.18. The van der Waals surface area contributed by atoms with Crippen LogP contribution in [-0.2, 0) is 18.9 Å². The molecule has 4 aromatic carbocycles. The van der Waals surface area contributed by atoms with Gasteiger partial charge >= 0.3 is 17.9 Å². The Hall–Kier alpha value is -5.71. The zero-order valence-electron chi connectivity index (χ0n) is 25.8. The monoisotopic (exact) mass is 648 g/mol. The van der Waals surface area contributed by atoms with Crippen LogP contribution in [0.15, 0.2) is 110 Å². The molecule has 0 amide bonds. The highest BCUT2D eigenvalue weighted by molar-refractivity contribution is 5.92. The first-order valence-electron chi connectivity index (χ1n) is 15.2. The van der Waals surface area contributed by atoms with E-state index in [9.17, 15) is 14.4 Å². The van der Waals surface area contributed by atoms with E-state index in [1.54, 1.807) is 60.7 Å². The summed E-state index contributed by atoms with van der Waals surface area (Å²) in [6.45, 7) is 7.59. The van der Waals surface area contributed by atoms with E-state index < -0.39 is 42.3 Å². The van der Waals surface area contributed by atoms with Crippen LogP contribution < -0.4 is 14.2 Å². The fourth-order valence-electron chi connectivity index (χ4n) is 5.18. The SMILES string of the molecule is C=Cc1ccc(OCOc2ccc(C(=O)O[C@@H]3CO[C@@H]4[C@H]3OC[C@H]4OC(=O)c3ccc(OC(=O)c4ccc(C=C)cc4)cc3)cc2)cc1. The fraction of sp³-hybridized carbons (Fsp3) is 0.184. The zero-order chi connectivity index (χ0) is 33.5. The van der Waals surface area contributed by atoms with E-state index in [1.807, 2.05) is 24.3 Å². The minimum Gasteiger partial charge on any atom is -0.458 e. The lowest BCUT2D eigenvalue weighted by Gasteiger charge is -2.17. The second-order valence-corrected chi connectivity index (χ2v) is 10.9. The number of carbonyl (C=O) groups excluding carboxylic acids is 3. The molecule has 0 unspecified atom stereocenters. The van der Waals surface area contributed by atoms with Crippen LogP contribution in [0.4, 0.5) is 0 Å². The summed E-state index contributed by atoms with van der Waals surface area (Å²) in [6, 6.07) is 26.8. The van der Waals surface area contributed by atoms with Crippen LogP contribution in [0.2, 0.25) is 0 Å². The van der Waals surface area contributed by atoms with Crippen LogP contribution in [0, 0.1) is 0 Å². The van der Waals surface area contributed by atoms with Crippen molar-refractivity contribution in [3.8, 4) is 17.2 Å². The molecule has 4 atom stereocenters. The molecule has 10 nitrogen and oxygen atoms in total. The van der Waals surface area contributed by atoms with Gasteiger partial charge in [0.05, 0.1) is 29.9 Å². The number of carbonyl (C=O) groups is 3. The maximum Gasteiger partial charge on any atom is 0.343 e. The van der Waals surface area contributed by atoms with Crippen LogP contribution in [0.25, 0.3) is 12.2 Å². The van der Waals surface area contributed by atoms with Crippen LogP contribution in [0.5, 0.6) is 17.2 Å². The first kappa shape index (κ1) is 32.2. The Kier molecular flexibility index (Phi) is 9.94. The number of fused-ring (bicyclic) bond motifs is 1. The first-order chi connectivity index (χ1) is 23.4. The lowest BCUT2D eigenvalue weighted by Crippen LogP contribution is -2.36. The maximum atomic E-state index is 12.9. The van der Waals surface area contributed by atoms with Gasteiger partial charge in [0.25, 0.3) is 0 Å². The van der Waals surface area contributed by atoms with Crippen molar-refractivity contribution in [2.45, 2.75) is 24.4 Å². The number of hydrogen-bond acceptors (Lipinski definition) is 10. The molecule has 0 saturated carbocycles. The van der Waals surface area contributed by atoms with Gasteiger partial charge in [0.2, 0.25) is 6.79 Å². The third kappa shape index (κ3) is 7.63. The Balaban J connectivity index is 0.953. The molecule has 10 heteroatoms. The Labute approximate surface area is 277 Å². The van der Waals surface area contributed by atoms with Crippen LogP contribution in [-0.4, -0.2) is 62.3 Å². The van der Waals surface area contributed by atoms with Crippen molar-refractivity contribution >= 4 is 30.1 Å². The third-order valence-corrected chi connectivity index (χ3v) is 7.82. The normalized spacial score (nSPS) is 19.4. The molecule has 2 fully saturated rings. The summed E-state index contributed by atoms with van der Waals surface area (Å²) in [4.78, 5) is 38.2. The van der Waals surface area contributed by atoms with Gasteiger partial charge in [-0.1, -0.05) is 49.6 Å². The van der Waals surface area contributed by atoms with Crippen LogP contribution in [0.3, 0.4) is 0 Å². The van der Waals surface area contributed by atoms with Crippen molar-refractivity contribution < 1.29 is 47.5 Å². The number of benzene rings is 4. The molecule has 6 rings (SSSR count). The number of hydrogen-bond donors (Lipinski definition) is 0. The van der Waals surface area contributed by atoms with E-state index in [1.165, 1.54) is 24.3 Å². The molecule has 2 saturated heterocycles. The molecule has 2 aliphatic heterocycles. The molecule has 244 valence electrons. The summed E-state index contributed by atoms with van der Waals surface area (Å²) < 4.78 is 39.6. The Morgan fingerprint density at radius 1 is 0.562 bits per heavy atom. The minimum atomic E-state index is -0.694. The average molecular weight is 649 g/mol. The summed E-state index contributed by atoms with van der Waals surface area (Å²) in [6.07, 6.45) is 0.875. The van der Waals surface area contributed by atoms with E-state index in [2.05, 4.69) is 13.2 Å². The molecule has 2 aliphatic rings. The van der Waals surface area contributed by atoms with Gasteiger partial charge in [-0.2, -0.15) is 0 Å². The topological polar surface area (TPSA) is 116 Å². The summed E-state index contributed by atoms with van der Waals surface area (Å²) in [5.74, 6) is -0.211. The van der Waals surface area contributed by atoms with Gasteiger partial charge in [-0.25, -0.2) is 14.4 Å². The second kappa shape index (κ2) is 14.8. The number of rotatable bonds is 12. The molecule has 0 bridgehead atoms. The van der Waals surface area contributed by atoms with Gasteiger partial charge in [-0.05, 0) is 83.9 Å². The largest absolute Gasteiger partial charge is 0.458 e. The second-order valence-electron chi connectivity index (χ2n) is 10.9. The minimum absolute atomic E-state index is 0.00415. The lowest BCUT2D eigenvalue weighted by atomic mass is 10.1. The molecule has 0 aliphatic carbocycles. The van der Waals surface area contributed by atoms with Crippen molar-refractivity contribution in [3.63, 3.8) is 0 Å². The Morgan fingerprint density at radius 3 is 1.40 bits per heavy atom. The van der Waals surface area contributed by atoms with Crippen molar-refractivity contribution in [1.82, 2.24) is 0 Å². The quantitative estimate of drug-likeness (QED) is 0.101. The van der Waals surface area contributed by atoms with Gasteiger partial charge in [-0.3, -0.25) is 0 Å². The highest BCUT2D eigenvalue weighted by Gasteiger charge is 2.51. The first-order valence-corrected chi connectivity index (χ1v) is 15.2. The van der Waals surface area contributed by atoms with Crippen molar-refractivity contribution in [1.29, 1.82) is 0 Å². The smallest absolute Gasteiger partial charge is 0.343 e. The molecule has 2 heterocycles. The summed E-state index contributed by atoms with van der Waals surface area (Å²) in [5, 5.41) is 0. The maximum absolute atomic E-state index is 12.9. The highest BCUT2D eigenvalue weighted by Crippen LogP contribution is 2.32. The van der Waals surface area contributed by atoms with Crippen LogP contribution >= 0.6 is 0 Å². The van der Waals surface area contributed by atoms with E-state index in [0.717, 1.165) is 11.1 Å². The molecule has 0 N–H and O–H groups in total. The summed E-state index contributed by atoms with van der Waals surface area (Å²) >= 11 is 0. The van der Waals surface area contributed by atoms with E-state index in [4.69, 9.17) is 33.2 Å². The molecule has 0 spiro atoms. The van der Waals surface area contributed by atoms with Gasteiger partial charge in [0.1, 0.15) is 29.5 Å². The van der Waals surface area contributed by atoms with Crippen molar-refractivity contribution in [2.24, 2.45) is 0 Å². The lowest BCUT2D eigenvalue weighted by molar-refractivity contribution is -0.0287. The van der Waals surface area contributed by atoms with Gasteiger partial charge in [-0.15, -0.1) is 0 Å². The predicted molar refractivity (Wildman–Crippen MR) is 175 cm³/mol. The van der Waals surface area contributed by atoms with Crippen molar-refractivity contribution in [3.05, 3.63) is 138 Å². The number of ether oxygens (including phenoxy) is 7. The third-order valence-electron chi connectivity index (χ3n) is 7.82. The summed E-state index contributed by atoms with van der Waals surface area (Å²) in [7, 11) is 0. The molecule has 4 aromatic rings. The molecular weight excluding hydrogens is 616 g/mol. The van der Waals surface area contributed by atoms with Crippen LogP contribution in [0.1, 0.15) is 42.2 Å². The molecule has 0 aromatic heterocycles. The molecular formula is C38H32O10. The van der Waals surface area contributed by atoms with Gasteiger partial charge in [0.15, 0.2) is 12.2 Å². The highest BCUT2D eigenvalue weighted by atomic mass is 16.7. The summed E-state index contributed by atoms with van der Waals surface area (Å²) in [5.41, 5.74) is 2.84. The zero-order valence-corrected chi connectivity index (χ0v) is 25.8. The number of esters is 3. The van der Waals surface area contributed by atoms with E-state index >= 15 is 0 Å². The molecule has 48 heavy (non-hydrogen) atoms. The van der Waals surface area contributed by atoms with Gasteiger partial charge in [0, 0.05) is 0 Å². The van der Waals surface area contributed by atoms with E-state index in [0.29, 0.717) is 22.6 Å².